The lowest BCUT2D eigenvalue weighted by atomic mass is 10.2. The highest BCUT2D eigenvalue weighted by Gasteiger charge is 2.10. The molecule has 2 aromatic carbocycles. The van der Waals surface area contributed by atoms with Crippen LogP contribution in [0.15, 0.2) is 53.5 Å². The fourth-order valence-electron chi connectivity index (χ4n) is 2.48. The zero-order chi connectivity index (χ0) is 16.8. The SMILES string of the molecule is Clc1ccc(/C=C\C=Nc2ccc(N3CCOCC3)cc2)c(Cl)c1. The normalized spacial score (nSPS) is 15.5. The van der Waals surface area contributed by atoms with Gasteiger partial charge in [0.05, 0.1) is 18.9 Å². The summed E-state index contributed by atoms with van der Waals surface area (Å²) in [5.41, 5.74) is 3.04. The van der Waals surface area contributed by atoms with E-state index in [0.717, 1.165) is 37.6 Å². The van der Waals surface area contributed by atoms with Gasteiger partial charge in [0.2, 0.25) is 0 Å². The summed E-state index contributed by atoms with van der Waals surface area (Å²) in [6, 6.07) is 13.6. The molecular weight excluding hydrogens is 343 g/mol. The largest absolute Gasteiger partial charge is 0.378 e. The summed E-state index contributed by atoms with van der Waals surface area (Å²) in [6.07, 6.45) is 5.53. The summed E-state index contributed by atoms with van der Waals surface area (Å²) in [6.45, 7) is 3.45. The smallest absolute Gasteiger partial charge is 0.0642 e. The number of aliphatic imine (C=N–C) groups is 1. The van der Waals surface area contributed by atoms with Gasteiger partial charge >= 0.3 is 0 Å². The van der Waals surface area contributed by atoms with Crippen LogP contribution in [0.5, 0.6) is 0 Å². The van der Waals surface area contributed by atoms with E-state index in [-0.39, 0.29) is 0 Å². The third kappa shape index (κ3) is 4.60. The molecule has 3 nitrogen and oxygen atoms in total. The molecule has 0 aromatic heterocycles. The fourth-order valence-corrected chi connectivity index (χ4v) is 2.96. The second-order valence-corrected chi connectivity index (χ2v) is 6.26. The average molecular weight is 361 g/mol. The molecule has 1 aliphatic rings. The third-order valence-corrected chi connectivity index (χ3v) is 4.34. The summed E-state index contributed by atoms with van der Waals surface area (Å²) >= 11 is 12.0. The first kappa shape index (κ1) is 17.0. The summed E-state index contributed by atoms with van der Waals surface area (Å²) < 4.78 is 5.37. The third-order valence-electron chi connectivity index (χ3n) is 3.77. The zero-order valence-electron chi connectivity index (χ0n) is 13.2. The number of allylic oxidation sites excluding steroid dienone is 1. The Labute approximate surface area is 152 Å². The monoisotopic (exact) mass is 360 g/mol. The van der Waals surface area contributed by atoms with Gasteiger partial charge in [-0.15, -0.1) is 0 Å². The molecule has 1 aliphatic heterocycles. The summed E-state index contributed by atoms with van der Waals surface area (Å²) in [5.74, 6) is 0. The fraction of sp³-hybridized carbons (Fsp3) is 0.211. The van der Waals surface area contributed by atoms with Crippen LogP contribution in [-0.2, 0) is 4.74 Å². The number of benzene rings is 2. The Balaban J connectivity index is 1.61. The zero-order valence-corrected chi connectivity index (χ0v) is 14.7. The van der Waals surface area contributed by atoms with E-state index in [0.29, 0.717) is 10.0 Å². The number of morpholine rings is 1. The maximum atomic E-state index is 6.12. The molecule has 1 heterocycles. The van der Waals surface area contributed by atoms with Crippen molar-refractivity contribution in [3.8, 4) is 0 Å². The van der Waals surface area contributed by atoms with Crippen molar-refractivity contribution in [3.05, 3.63) is 64.1 Å². The van der Waals surface area contributed by atoms with E-state index in [1.165, 1.54) is 5.69 Å². The van der Waals surface area contributed by atoms with E-state index in [4.69, 9.17) is 27.9 Å². The number of hydrogen-bond donors (Lipinski definition) is 0. The van der Waals surface area contributed by atoms with Crippen molar-refractivity contribution in [2.75, 3.05) is 31.2 Å². The molecule has 0 atom stereocenters. The van der Waals surface area contributed by atoms with Gasteiger partial charge in [-0.05, 0) is 48.0 Å². The lowest BCUT2D eigenvalue weighted by molar-refractivity contribution is 0.122. The molecule has 3 rings (SSSR count). The van der Waals surface area contributed by atoms with Crippen LogP contribution in [0.2, 0.25) is 10.0 Å². The van der Waals surface area contributed by atoms with Gasteiger partial charge in [0, 0.05) is 35.0 Å². The van der Waals surface area contributed by atoms with Crippen molar-refractivity contribution in [2.45, 2.75) is 0 Å². The van der Waals surface area contributed by atoms with E-state index < -0.39 is 0 Å². The van der Waals surface area contributed by atoms with Crippen LogP contribution in [0.25, 0.3) is 6.08 Å². The minimum Gasteiger partial charge on any atom is -0.378 e. The molecule has 1 fully saturated rings. The van der Waals surface area contributed by atoms with Gasteiger partial charge in [-0.3, -0.25) is 4.99 Å². The highest BCUT2D eigenvalue weighted by molar-refractivity contribution is 6.35. The molecule has 1 saturated heterocycles. The Morgan fingerprint density at radius 3 is 2.46 bits per heavy atom. The summed E-state index contributed by atoms with van der Waals surface area (Å²) in [7, 11) is 0. The highest BCUT2D eigenvalue weighted by atomic mass is 35.5. The van der Waals surface area contributed by atoms with Gasteiger partial charge in [-0.25, -0.2) is 0 Å². The van der Waals surface area contributed by atoms with E-state index in [2.05, 4.69) is 22.0 Å². The molecule has 24 heavy (non-hydrogen) atoms. The van der Waals surface area contributed by atoms with Crippen LogP contribution in [0.1, 0.15) is 5.56 Å². The van der Waals surface area contributed by atoms with Gasteiger partial charge in [-0.2, -0.15) is 0 Å². The molecule has 2 aromatic rings. The number of anilines is 1. The Kier molecular flexibility index (Phi) is 5.91. The van der Waals surface area contributed by atoms with Crippen molar-refractivity contribution in [2.24, 2.45) is 4.99 Å². The number of hydrogen-bond acceptors (Lipinski definition) is 3. The van der Waals surface area contributed by atoms with E-state index in [1.54, 1.807) is 12.3 Å². The van der Waals surface area contributed by atoms with E-state index >= 15 is 0 Å². The van der Waals surface area contributed by atoms with Crippen molar-refractivity contribution < 1.29 is 4.74 Å². The predicted octanol–water partition coefficient (Wildman–Crippen LogP) is 5.25. The van der Waals surface area contributed by atoms with Gasteiger partial charge < -0.3 is 9.64 Å². The Morgan fingerprint density at radius 1 is 1.00 bits per heavy atom. The minimum atomic E-state index is 0.627. The maximum absolute atomic E-state index is 6.12. The van der Waals surface area contributed by atoms with Gasteiger partial charge in [0.1, 0.15) is 0 Å². The first-order valence-electron chi connectivity index (χ1n) is 7.81. The molecule has 0 bridgehead atoms. The number of ether oxygens (including phenoxy) is 1. The Bertz CT molecular complexity index is 736. The molecule has 0 aliphatic carbocycles. The Morgan fingerprint density at radius 2 is 1.75 bits per heavy atom. The van der Waals surface area contributed by atoms with Crippen molar-refractivity contribution in [1.82, 2.24) is 0 Å². The molecule has 0 spiro atoms. The summed E-state index contributed by atoms with van der Waals surface area (Å²) in [4.78, 5) is 6.75. The maximum Gasteiger partial charge on any atom is 0.0642 e. The van der Waals surface area contributed by atoms with Crippen LogP contribution < -0.4 is 4.90 Å². The minimum absolute atomic E-state index is 0.627. The number of rotatable bonds is 4. The van der Waals surface area contributed by atoms with Crippen molar-refractivity contribution in [3.63, 3.8) is 0 Å². The molecule has 0 amide bonds. The molecule has 0 N–H and O–H groups in total. The lowest BCUT2D eigenvalue weighted by Crippen LogP contribution is -2.36. The van der Waals surface area contributed by atoms with Gasteiger partial charge in [-0.1, -0.05) is 35.3 Å². The van der Waals surface area contributed by atoms with Crippen LogP contribution in [-0.4, -0.2) is 32.5 Å². The van der Waals surface area contributed by atoms with Crippen LogP contribution in [0.3, 0.4) is 0 Å². The quantitative estimate of drug-likeness (QED) is 0.695. The lowest BCUT2D eigenvalue weighted by Gasteiger charge is -2.28. The molecule has 124 valence electrons. The van der Waals surface area contributed by atoms with Crippen LogP contribution >= 0.6 is 23.2 Å². The second kappa shape index (κ2) is 8.34. The van der Waals surface area contributed by atoms with Crippen molar-refractivity contribution in [1.29, 1.82) is 0 Å². The first-order chi connectivity index (χ1) is 11.7. The van der Waals surface area contributed by atoms with Gasteiger partial charge in [0.15, 0.2) is 0 Å². The van der Waals surface area contributed by atoms with Crippen molar-refractivity contribution >= 4 is 46.9 Å². The topological polar surface area (TPSA) is 24.8 Å². The molecule has 0 unspecified atom stereocenters. The van der Waals surface area contributed by atoms with Crippen LogP contribution in [0, 0.1) is 0 Å². The summed E-state index contributed by atoms with van der Waals surface area (Å²) in [5, 5.41) is 1.26. The van der Waals surface area contributed by atoms with E-state index in [9.17, 15) is 0 Å². The molecule has 0 radical (unpaired) electrons. The van der Waals surface area contributed by atoms with Crippen LogP contribution in [0.4, 0.5) is 11.4 Å². The highest BCUT2D eigenvalue weighted by Crippen LogP contribution is 2.22. The molecule has 0 saturated carbocycles. The molecular formula is C19H18Cl2N2O. The van der Waals surface area contributed by atoms with Gasteiger partial charge in [0.25, 0.3) is 0 Å². The van der Waals surface area contributed by atoms with E-state index in [1.807, 2.05) is 36.4 Å². The first-order valence-corrected chi connectivity index (χ1v) is 8.56. The average Bonchev–Trinajstić information content (AvgIpc) is 2.61. The number of halogens is 2. The predicted molar refractivity (Wildman–Crippen MR) is 103 cm³/mol. The number of nitrogens with zero attached hydrogens (tertiary/aromatic N) is 2. The Hall–Kier alpha value is -1.81. The molecule has 5 heteroatoms. The second-order valence-electron chi connectivity index (χ2n) is 5.42. The standard InChI is InChI=1S/C19H18Cl2N2O/c20-16-4-3-15(19(21)14-16)2-1-9-22-17-5-7-18(8-6-17)23-10-12-24-13-11-23/h1-9,14H,10-13H2/b2-1-,22-9?.